The van der Waals surface area contributed by atoms with Crippen molar-refractivity contribution in [1.82, 2.24) is 14.4 Å². The number of hydrogen-bond acceptors (Lipinski definition) is 7. The van der Waals surface area contributed by atoms with Crippen molar-refractivity contribution >= 4 is 45.0 Å². The molecule has 1 aromatic carbocycles. The van der Waals surface area contributed by atoms with Crippen molar-refractivity contribution in [2.75, 3.05) is 57.9 Å². The van der Waals surface area contributed by atoms with E-state index < -0.39 is 0 Å². The predicted molar refractivity (Wildman–Crippen MR) is 181 cm³/mol. The Labute approximate surface area is 275 Å². The highest BCUT2D eigenvalue weighted by atomic mass is 32.1. The number of anilines is 1. The van der Waals surface area contributed by atoms with Crippen LogP contribution in [0.3, 0.4) is 0 Å². The summed E-state index contributed by atoms with van der Waals surface area (Å²) in [5.41, 5.74) is 5.32. The molecule has 0 radical (unpaired) electrons. The smallest absolute Gasteiger partial charge is 0.348 e. The van der Waals surface area contributed by atoms with Gasteiger partial charge in [0.05, 0.1) is 48.3 Å². The van der Waals surface area contributed by atoms with Crippen molar-refractivity contribution in [3.05, 3.63) is 34.7 Å². The van der Waals surface area contributed by atoms with E-state index in [0.717, 1.165) is 110 Å². The average Bonchev–Trinajstić information content (AvgIpc) is 3.60. The van der Waals surface area contributed by atoms with E-state index in [-0.39, 0.29) is 30.9 Å². The molecule has 46 heavy (non-hydrogen) atoms. The van der Waals surface area contributed by atoms with Gasteiger partial charge in [-0.2, -0.15) is 0 Å². The molecule has 5 heterocycles. The van der Waals surface area contributed by atoms with Crippen molar-refractivity contribution in [2.45, 2.75) is 83.1 Å². The summed E-state index contributed by atoms with van der Waals surface area (Å²) in [5.74, 6) is 0.974. The zero-order chi connectivity index (χ0) is 31.6. The number of nitrogens with zero attached hydrogens (tertiary/aromatic N) is 4. The molecule has 2 amide bonds. The summed E-state index contributed by atoms with van der Waals surface area (Å²) >= 11 is 1.54. The first-order valence-corrected chi connectivity index (χ1v) is 18.2. The summed E-state index contributed by atoms with van der Waals surface area (Å²) in [7, 11) is 1.44. The van der Waals surface area contributed by atoms with E-state index >= 15 is 0 Å². The summed E-state index contributed by atoms with van der Waals surface area (Å²) in [5, 5.41) is 0. The van der Waals surface area contributed by atoms with E-state index in [1.807, 2.05) is 32.9 Å². The van der Waals surface area contributed by atoms with Gasteiger partial charge in [-0.3, -0.25) is 9.59 Å². The molecular weight excluding hydrogens is 600 g/mol. The van der Waals surface area contributed by atoms with E-state index in [2.05, 4.69) is 10.6 Å². The maximum Gasteiger partial charge on any atom is 0.348 e. The van der Waals surface area contributed by atoms with Crippen molar-refractivity contribution in [2.24, 2.45) is 0 Å². The lowest BCUT2D eigenvalue weighted by Gasteiger charge is -2.34. The van der Waals surface area contributed by atoms with Gasteiger partial charge in [0.25, 0.3) is 0 Å². The van der Waals surface area contributed by atoms with E-state index in [9.17, 15) is 14.4 Å². The minimum absolute atomic E-state index is 0.0690. The van der Waals surface area contributed by atoms with Crippen LogP contribution in [0.25, 0.3) is 21.5 Å². The number of rotatable bonds is 7. The molecule has 1 saturated carbocycles. The van der Waals surface area contributed by atoms with Crippen LogP contribution in [0.15, 0.2) is 24.3 Å². The molecule has 9 nitrogen and oxygen atoms in total. The third kappa shape index (κ3) is 6.00. The highest BCUT2D eigenvalue weighted by molar-refractivity contribution is 7.21. The first-order valence-electron chi connectivity index (χ1n) is 17.3. The number of carbonyl (C=O) groups is 3. The summed E-state index contributed by atoms with van der Waals surface area (Å²) in [6.07, 6.45) is 12.3. The Balaban J connectivity index is 1.32. The molecule has 3 aliphatic heterocycles. The number of methoxy groups -OCH3 is 1. The Morgan fingerprint density at radius 2 is 1.50 bits per heavy atom. The number of para-hydroxylation sites is 1. The predicted octanol–water partition coefficient (Wildman–Crippen LogP) is 6.43. The van der Waals surface area contributed by atoms with Crippen molar-refractivity contribution in [3.8, 4) is 17.0 Å². The lowest BCUT2D eigenvalue weighted by atomic mass is 9.83. The molecule has 4 aliphatic rings. The SMILES string of the molecule is COC(=O)c1cc2c(s1)c(C1CCCCC1)c1n2CCOc2c-1cccc2N(CC(=O)N1CCCCC1)CC(=O)N1CCCCC1. The number of amides is 2. The topological polar surface area (TPSA) is 84.3 Å². The van der Waals surface area contributed by atoms with Crippen molar-refractivity contribution in [3.63, 3.8) is 0 Å². The van der Waals surface area contributed by atoms with Crippen LogP contribution in [-0.4, -0.2) is 85.1 Å². The van der Waals surface area contributed by atoms with Crippen LogP contribution in [0.4, 0.5) is 5.69 Å². The zero-order valence-corrected chi connectivity index (χ0v) is 27.9. The number of piperidine rings is 2. The van der Waals surface area contributed by atoms with Crippen LogP contribution < -0.4 is 9.64 Å². The van der Waals surface area contributed by atoms with Crippen LogP contribution in [-0.2, 0) is 20.9 Å². The normalized spacial score (nSPS) is 18.8. The van der Waals surface area contributed by atoms with E-state index in [0.29, 0.717) is 23.9 Å². The van der Waals surface area contributed by atoms with Crippen LogP contribution in [0.5, 0.6) is 5.75 Å². The van der Waals surface area contributed by atoms with Crippen LogP contribution in [0.2, 0.25) is 0 Å². The van der Waals surface area contributed by atoms with E-state index in [1.165, 1.54) is 43.3 Å². The summed E-state index contributed by atoms with van der Waals surface area (Å²) < 4.78 is 15.2. The second-order valence-corrected chi connectivity index (χ2v) is 14.4. The molecular formula is C36H46N4O5S. The number of thiophene rings is 1. The Bertz CT molecular complexity index is 1560. The van der Waals surface area contributed by atoms with Gasteiger partial charge in [0.2, 0.25) is 11.8 Å². The maximum absolute atomic E-state index is 13.7. The molecule has 0 spiro atoms. The van der Waals surface area contributed by atoms with Gasteiger partial charge in [-0.05, 0) is 81.0 Å². The first-order chi connectivity index (χ1) is 22.5. The Kier molecular flexibility index (Phi) is 9.24. The molecule has 10 heteroatoms. The molecule has 3 fully saturated rings. The number of benzene rings is 1. The fourth-order valence-electron chi connectivity index (χ4n) is 8.03. The Morgan fingerprint density at radius 3 is 2.13 bits per heavy atom. The molecule has 0 N–H and O–H groups in total. The zero-order valence-electron chi connectivity index (χ0n) is 27.1. The third-order valence-corrected chi connectivity index (χ3v) is 11.5. The fourth-order valence-corrected chi connectivity index (χ4v) is 9.24. The molecule has 7 rings (SSSR count). The Morgan fingerprint density at radius 1 is 0.870 bits per heavy atom. The molecule has 1 aliphatic carbocycles. The summed E-state index contributed by atoms with van der Waals surface area (Å²) in [6.45, 7) is 4.49. The maximum atomic E-state index is 13.7. The van der Waals surface area contributed by atoms with Crippen LogP contribution in [0.1, 0.15) is 91.8 Å². The van der Waals surface area contributed by atoms with Gasteiger partial charge in [0.15, 0.2) is 5.75 Å². The third-order valence-electron chi connectivity index (χ3n) is 10.4. The lowest BCUT2D eigenvalue weighted by molar-refractivity contribution is -0.131. The summed E-state index contributed by atoms with van der Waals surface area (Å²) in [6, 6.07) is 8.17. The number of aromatic nitrogens is 1. The van der Waals surface area contributed by atoms with Crippen molar-refractivity contribution in [1.29, 1.82) is 0 Å². The number of likely N-dealkylation sites (tertiary alicyclic amines) is 2. The Hall–Kier alpha value is -3.53. The van der Waals surface area contributed by atoms with Gasteiger partial charge in [0.1, 0.15) is 11.5 Å². The van der Waals surface area contributed by atoms with Gasteiger partial charge in [-0.1, -0.05) is 25.3 Å². The highest BCUT2D eigenvalue weighted by Gasteiger charge is 2.34. The molecule has 3 aromatic rings. The van der Waals surface area contributed by atoms with Crippen LogP contribution >= 0.6 is 11.3 Å². The average molecular weight is 647 g/mol. The molecule has 0 atom stereocenters. The van der Waals surface area contributed by atoms with Gasteiger partial charge < -0.3 is 28.7 Å². The fraction of sp³-hybridized carbons (Fsp3) is 0.583. The molecule has 2 saturated heterocycles. The van der Waals surface area contributed by atoms with E-state index in [4.69, 9.17) is 9.47 Å². The number of ether oxygens (including phenoxy) is 2. The van der Waals surface area contributed by atoms with Gasteiger partial charge in [0, 0.05) is 31.7 Å². The molecule has 0 unspecified atom stereocenters. The number of hydrogen-bond donors (Lipinski definition) is 0. The highest BCUT2D eigenvalue weighted by Crippen LogP contribution is 2.51. The number of esters is 1. The number of fused-ring (bicyclic) bond motifs is 5. The largest absolute Gasteiger partial charge is 0.489 e. The van der Waals surface area contributed by atoms with Gasteiger partial charge in [-0.25, -0.2) is 4.79 Å². The molecule has 0 bridgehead atoms. The van der Waals surface area contributed by atoms with E-state index in [1.54, 1.807) is 0 Å². The number of carbonyl (C=O) groups excluding carboxylic acids is 3. The van der Waals surface area contributed by atoms with Gasteiger partial charge in [-0.15, -0.1) is 11.3 Å². The summed E-state index contributed by atoms with van der Waals surface area (Å²) in [4.78, 5) is 46.6. The second-order valence-electron chi connectivity index (χ2n) is 13.3. The first kappa shape index (κ1) is 31.1. The lowest BCUT2D eigenvalue weighted by Crippen LogP contribution is -2.47. The molecule has 2 aromatic heterocycles. The van der Waals surface area contributed by atoms with Gasteiger partial charge >= 0.3 is 5.97 Å². The van der Waals surface area contributed by atoms with Crippen LogP contribution in [0, 0.1) is 0 Å². The second kappa shape index (κ2) is 13.7. The van der Waals surface area contributed by atoms with Crippen molar-refractivity contribution < 1.29 is 23.9 Å². The standard InChI is InChI=1S/C36H46N4O5S/c1-44-36(43)29-22-28-35(46-29)32(25-12-5-2-6-13-25)33-26-14-11-15-27(34(26)45-21-20-40(28)33)39(23-30(41)37-16-7-3-8-17-37)24-31(42)38-18-9-4-10-19-38/h11,14-15,22,25H,2-10,12-13,16-21,23-24H2,1H3. The molecule has 246 valence electrons. The minimum atomic E-state index is -0.301. The quantitative estimate of drug-likeness (QED) is 0.275. The monoisotopic (exact) mass is 646 g/mol. The minimum Gasteiger partial charge on any atom is -0.489 e.